The second-order valence-corrected chi connectivity index (χ2v) is 8.58. The van der Waals surface area contributed by atoms with Gasteiger partial charge >= 0.3 is 0 Å². The van der Waals surface area contributed by atoms with E-state index in [2.05, 4.69) is 9.13 Å². The topological polar surface area (TPSA) is 14.2 Å². The molecule has 0 unspecified atom stereocenters. The maximum atomic E-state index is 14.0. The van der Waals surface area contributed by atoms with E-state index in [1.165, 1.54) is 12.2 Å². The van der Waals surface area contributed by atoms with Gasteiger partial charge in [-0.25, -0.2) is 17.9 Å². The molecule has 6 heteroatoms. The molecule has 0 saturated carbocycles. The molecule has 0 spiro atoms. The lowest BCUT2D eigenvalue weighted by atomic mass is 10.2. The van der Waals surface area contributed by atoms with Crippen molar-refractivity contribution in [3.05, 3.63) is 96.4 Å². The molecule has 2 aromatic heterocycles. The third-order valence-corrected chi connectivity index (χ3v) is 6.02. The fraction of sp³-hybridized carbons (Fsp3) is 0.400. The number of aryl methyl sites for hydroxylation is 2. The highest BCUT2D eigenvalue weighted by atomic mass is 19.1. The number of unbranched alkanes of at least 4 members (excludes halogenated alkanes) is 1. The van der Waals surface area contributed by atoms with Crippen LogP contribution in [0.3, 0.4) is 0 Å². The van der Waals surface area contributed by atoms with Gasteiger partial charge in [0.1, 0.15) is 24.7 Å². The fourth-order valence-corrected chi connectivity index (χ4v) is 3.65. The lowest BCUT2D eigenvalue weighted by Gasteiger charge is -2.14. The summed E-state index contributed by atoms with van der Waals surface area (Å²) in [5.74, 6) is -0.479. The number of aromatic nitrogens is 2. The van der Waals surface area contributed by atoms with E-state index >= 15 is 0 Å². The van der Waals surface area contributed by atoms with Gasteiger partial charge in [0, 0.05) is 75.7 Å². The third-order valence-electron chi connectivity index (χ3n) is 6.02. The van der Waals surface area contributed by atoms with Crippen LogP contribution in [0.5, 0.6) is 0 Å². The number of hydrogen-bond acceptors (Lipinski definition) is 2. The van der Waals surface area contributed by atoms with E-state index in [1.54, 1.807) is 24.6 Å². The molecule has 0 aliphatic carbocycles. The van der Waals surface area contributed by atoms with Crippen LogP contribution in [0.1, 0.15) is 51.7 Å². The zero-order chi connectivity index (χ0) is 26.2. The van der Waals surface area contributed by atoms with Crippen molar-refractivity contribution >= 4 is 12.2 Å². The van der Waals surface area contributed by atoms with Crippen LogP contribution in [0.4, 0.5) is 8.78 Å². The molecule has 0 fully saturated rings. The molecule has 0 aromatic carbocycles. The second-order valence-electron chi connectivity index (χ2n) is 8.58. The van der Waals surface area contributed by atoms with Crippen molar-refractivity contribution < 1.29 is 17.9 Å². The molecule has 0 aliphatic rings. The Kier molecular flexibility index (Phi) is 13.2. The Bertz CT molecular complexity index is 917. The van der Waals surface area contributed by atoms with E-state index in [0.29, 0.717) is 0 Å². The van der Waals surface area contributed by atoms with E-state index in [9.17, 15) is 8.78 Å². The molecule has 2 aromatic rings. The molecule has 36 heavy (non-hydrogen) atoms. The summed E-state index contributed by atoms with van der Waals surface area (Å²) in [5.41, 5.74) is 1.95. The van der Waals surface area contributed by atoms with Gasteiger partial charge in [-0.2, -0.15) is 0 Å². The van der Waals surface area contributed by atoms with Gasteiger partial charge in [0.25, 0.3) is 0 Å². The van der Waals surface area contributed by atoms with Crippen molar-refractivity contribution in [2.24, 2.45) is 0 Å². The van der Waals surface area contributed by atoms with Gasteiger partial charge in [0.2, 0.25) is 0 Å². The Labute approximate surface area is 216 Å². The summed E-state index contributed by atoms with van der Waals surface area (Å²) in [6.45, 7) is 13.1. The average molecular weight is 497 g/mol. The van der Waals surface area contributed by atoms with Crippen LogP contribution in [0.25, 0.3) is 12.2 Å². The summed E-state index contributed by atoms with van der Waals surface area (Å²) in [7, 11) is 0. The summed E-state index contributed by atoms with van der Waals surface area (Å²) in [6.07, 6.45) is 20.0. The van der Waals surface area contributed by atoms with Crippen LogP contribution in [0.2, 0.25) is 0 Å². The minimum absolute atomic E-state index is 0.240. The molecule has 194 valence electrons. The van der Waals surface area contributed by atoms with Crippen molar-refractivity contribution in [1.82, 2.24) is 9.80 Å². The number of halogens is 2. The molecule has 2 heterocycles. The van der Waals surface area contributed by atoms with Gasteiger partial charge in [0.05, 0.1) is 0 Å². The van der Waals surface area contributed by atoms with Gasteiger partial charge in [-0.3, -0.25) is 0 Å². The normalized spacial score (nSPS) is 12.6. The standard InChI is InChI=1S/C30H42F2N4/c1-5-33(6-2)25-29(31)13-11-27-15-21-35(22-16-27)19-9-10-20-36-23-17-28(18-24-36)12-14-30(32)26-34(7-3)8-4/h11-18,21-26H,5-10,19-20H2,1-4H3/q+2. The van der Waals surface area contributed by atoms with Crippen molar-refractivity contribution in [2.45, 2.75) is 53.6 Å². The first-order chi connectivity index (χ1) is 17.5. The highest BCUT2D eigenvalue weighted by Crippen LogP contribution is 2.08. The predicted molar refractivity (Wildman–Crippen MR) is 145 cm³/mol. The Morgan fingerprint density at radius 3 is 1.28 bits per heavy atom. The molecule has 0 saturated heterocycles. The lowest BCUT2D eigenvalue weighted by Crippen LogP contribution is -2.35. The molecule has 0 bridgehead atoms. The number of rotatable bonds is 15. The zero-order valence-corrected chi connectivity index (χ0v) is 22.3. The number of pyridine rings is 2. The zero-order valence-electron chi connectivity index (χ0n) is 22.3. The molecule has 0 atom stereocenters. The first-order valence-electron chi connectivity index (χ1n) is 13.0. The van der Waals surface area contributed by atoms with Crippen molar-refractivity contribution in [3.8, 4) is 0 Å². The minimum Gasteiger partial charge on any atom is -0.376 e. The fourth-order valence-electron chi connectivity index (χ4n) is 3.65. The monoisotopic (exact) mass is 496 g/mol. The molecular weight excluding hydrogens is 454 g/mol. The van der Waals surface area contributed by atoms with Gasteiger partial charge < -0.3 is 9.80 Å². The largest absolute Gasteiger partial charge is 0.376 e. The smallest absolute Gasteiger partial charge is 0.169 e. The molecule has 2 rings (SSSR count). The van der Waals surface area contributed by atoms with Crippen LogP contribution < -0.4 is 9.13 Å². The predicted octanol–water partition coefficient (Wildman–Crippen LogP) is 6.07. The van der Waals surface area contributed by atoms with E-state index < -0.39 is 0 Å². The quantitative estimate of drug-likeness (QED) is 0.169. The minimum atomic E-state index is -0.240. The molecule has 4 nitrogen and oxygen atoms in total. The van der Waals surface area contributed by atoms with Gasteiger partial charge in [-0.05, 0) is 51.0 Å². The maximum Gasteiger partial charge on any atom is 0.169 e. The number of allylic oxidation sites excluding steroid dienone is 4. The molecular formula is C30H42F2N4+2. The number of nitrogens with zero attached hydrogens (tertiary/aromatic N) is 4. The summed E-state index contributed by atoms with van der Waals surface area (Å²) < 4.78 is 32.3. The lowest BCUT2D eigenvalue weighted by molar-refractivity contribution is -0.708. The van der Waals surface area contributed by atoms with Crippen LogP contribution >= 0.6 is 0 Å². The van der Waals surface area contributed by atoms with Gasteiger partial charge in [0.15, 0.2) is 24.8 Å². The van der Waals surface area contributed by atoms with E-state index in [1.807, 2.05) is 86.5 Å². The summed E-state index contributed by atoms with van der Waals surface area (Å²) in [4.78, 5) is 3.85. The summed E-state index contributed by atoms with van der Waals surface area (Å²) in [5, 5.41) is 0. The first kappa shape index (κ1) is 29.0. The van der Waals surface area contributed by atoms with Gasteiger partial charge in [-0.15, -0.1) is 0 Å². The third kappa shape index (κ3) is 11.0. The van der Waals surface area contributed by atoms with Crippen LogP contribution in [-0.4, -0.2) is 36.0 Å². The Morgan fingerprint density at radius 1 is 0.639 bits per heavy atom. The van der Waals surface area contributed by atoms with Crippen molar-refractivity contribution in [1.29, 1.82) is 0 Å². The van der Waals surface area contributed by atoms with Crippen LogP contribution in [0, 0.1) is 0 Å². The highest BCUT2D eigenvalue weighted by Gasteiger charge is 2.04. The van der Waals surface area contributed by atoms with Crippen molar-refractivity contribution in [3.63, 3.8) is 0 Å². The second kappa shape index (κ2) is 16.4. The summed E-state index contributed by atoms with van der Waals surface area (Å²) in [6, 6.07) is 8.01. The van der Waals surface area contributed by atoms with Crippen LogP contribution in [0.15, 0.2) is 85.3 Å². The van der Waals surface area contributed by atoms with Gasteiger partial charge in [-0.1, -0.05) is 12.2 Å². The Balaban J connectivity index is 1.76. The Morgan fingerprint density at radius 2 is 0.972 bits per heavy atom. The van der Waals surface area contributed by atoms with E-state index in [0.717, 1.165) is 63.2 Å². The molecule has 0 amide bonds. The van der Waals surface area contributed by atoms with E-state index in [-0.39, 0.29) is 11.7 Å². The first-order valence-corrected chi connectivity index (χ1v) is 13.0. The van der Waals surface area contributed by atoms with E-state index in [4.69, 9.17) is 0 Å². The average Bonchev–Trinajstić information content (AvgIpc) is 2.91. The number of hydrogen-bond donors (Lipinski definition) is 0. The molecule has 0 N–H and O–H groups in total. The van der Waals surface area contributed by atoms with Crippen LogP contribution in [-0.2, 0) is 13.1 Å². The SMILES string of the molecule is CCN(C=C(F)C=Cc1cc[n+](CCCC[n+]2ccc(C=CC(F)=CN(CC)CC)cc2)cc1)CC. The highest BCUT2D eigenvalue weighted by molar-refractivity contribution is 5.51. The Hall–Kier alpha value is -3.28. The maximum absolute atomic E-state index is 14.0. The van der Waals surface area contributed by atoms with Crippen molar-refractivity contribution in [2.75, 3.05) is 26.2 Å². The molecule has 0 aliphatic heterocycles. The summed E-state index contributed by atoms with van der Waals surface area (Å²) >= 11 is 0. The molecule has 0 radical (unpaired) electrons.